The standard InChI is InChI=1S/C23H22N2O3/c1-28-22-11-10-15-6-2-3-7-17(15)19(22)14-25-21(23(26)27)12-16-13-24-20-9-5-4-8-18(16)20/h2-11,13,21,24-25H,12,14H2,1H3,(H,26,27)/t21-/m1/s1. The van der Waals surface area contributed by atoms with Crippen LogP contribution in [0.15, 0.2) is 66.9 Å². The zero-order valence-electron chi connectivity index (χ0n) is 15.6. The molecule has 1 atom stereocenters. The van der Waals surface area contributed by atoms with Crippen molar-refractivity contribution < 1.29 is 14.6 Å². The van der Waals surface area contributed by atoms with E-state index in [-0.39, 0.29) is 0 Å². The van der Waals surface area contributed by atoms with E-state index in [4.69, 9.17) is 4.74 Å². The van der Waals surface area contributed by atoms with E-state index in [2.05, 4.69) is 10.3 Å². The van der Waals surface area contributed by atoms with Crippen LogP contribution in [0, 0.1) is 0 Å². The molecule has 4 rings (SSSR count). The number of nitrogens with one attached hydrogen (secondary N) is 2. The maximum Gasteiger partial charge on any atom is 0.321 e. The fraction of sp³-hybridized carbons (Fsp3) is 0.174. The molecule has 0 amide bonds. The minimum atomic E-state index is -0.871. The van der Waals surface area contributed by atoms with Crippen molar-refractivity contribution in [1.82, 2.24) is 10.3 Å². The molecular weight excluding hydrogens is 352 g/mol. The summed E-state index contributed by atoms with van der Waals surface area (Å²) in [7, 11) is 1.63. The fourth-order valence-electron chi connectivity index (χ4n) is 3.68. The Balaban J connectivity index is 1.60. The maximum absolute atomic E-state index is 11.9. The monoisotopic (exact) mass is 374 g/mol. The molecule has 0 bridgehead atoms. The molecule has 0 fully saturated rings. The number of ether oxygens (including phenoxy) is 1. The van der Waals surface area contributed by atoms with E-state index in [1.54, 1.807) is 7.11 Å². The van der Waals surface area contributed by atoms with Crippen molar-refractivity contribution in [2.75, 3.05) is 7.11 Å². The molecule has 0 saturated carbocycles. The van der Waals surface area contributed by atoms with Crippen LogP contribution in [0.5, 0.6) is 5.75 Å². The van der Waals surface area contributed by atoms with Gasteiger partial charge in [0.05, 0.1) is 7.11 Å². The van der Waals surface area contributed by atoms with Crippen molar-refractivity contribution in [3.8, 4) is 5.75 Å². The molecule has 5 nitrogen and oxygen atoms in total. The van der Waals surface area contributed by atoms with Gasteiger partial charge in [-0.3, -0.25) is 10.1 Å². The Kier molecular flexibility index (Phi) is 5.00. The molecule has 1 heterocycles. The second-order valence-electron chi connectivity index (χ2n) is 6.80. The van der Waals surface area contributed by atoms with Crippen LogP contribution in [0.3, 0.4) is 0 Å². The normalized spacial score (nSPS) is 12.3. The zero-order chi connectivity index (χ0) is 19.5. The third-order valence-corrected chi connectivity index (χ3v) is 5.14. The Morgan fingerprint density at radius 1 is 1.07 bits per heavy atom. The molecule has 0 aliphatic carbocycles. The number of benzene rings is 3. The number of carboxylic acids is 1. The highest BCUT2D eigenvalue weighted by Crippen LogP contribution is 2.28. The lowest BCUT2D eigenvalue weighted by Crippen LogP contribution is -2.38. The zero-order valence-corrected chi connectivity index (χ0v) is 15.6. The fourth-order valence-corrected chi connectivity index (χ4v) is 3.68. The van der Waals surface area contributed by atoms with E-state index in [1.165, 1.54) is 0 Å². The summed E-state index contributed by atoms with van der Waals surface area (Å²) in [5, 5.41) is 16.2. The second-order valence-corrected chi connectivity index (χ2v) is 6.80. The molecule has 1 aromatic heterocycles. The number of para-hydroxylation sites is 1. The van der Waals surface area contributed by atoms with E-state index >= 15 is 0 Å². The second kappa shape index (κ2) is 7.74. The molecule has 3 aromatic carbocycles. The van der Waals surface area contributed by atoms with Gasteiger partial charge in [0.1, 0.15) is 11.8 Å². The quantitative estimate of drug-likeness (QED) is 0.455. The van der Waals surface area contributed by atoms with Gasteiger partial charge in [-0.25, -0.2) is 0 Å². The molecule has 3 N–H and O–H groups in total. The van der Waals surface area contributed by atoms with Gasteiger partial charge in [-0.1, -0.05) is 48.5 Å². The lowest BCUT2D eigenvalue weighted by atomic mass is 10.0. The van der Waals surface area contributed by atoms with E-state index in [9.17, 15) is 9.90 Å². The molecule has 0 radical (unpaired) electrons. The van der Waals surface area contributed by atoms with Crippen LogP contribution in [0.25, 0.3) is 21.7 Å². The highest BCUT2D eigenvalue weighted by molar-refractivity contribution is 5.88. The predicted molar refractivity (Wildman–Crippen MR) is 111 cm³/mol. The first-order valence-corrected chi connectivity index (χ1v) is 9.23. The molecule has 142 valence electrons. The number of hydrogen-bond acceptors (Lipinski definition) is 3. The number of carbonyl (C=O) groups is 1. The summed E-state index contributed by atoms with van der Waals surface area (Å²) in [6.07, 6.45) is 2.28. The number of methoxy groups -OCH3 is 1. The number of aromatic nitrogens is 1. The van der Waals surface area contributed by atoms with Crippen molar-refractivity contribution in [1.29, 1.82) is 0 Å². The Hall–Kier alpha value is -3.31. The summed E-state index contributed by atoms with van der Waals surface area (Å²) in [6, 6.07) is 19.2. The van der Waals surface area contributed by atoms with Crippen LogP contribution in [0.4, 0.5) is 0 Å². The average molecular weight is 374 g/mol. The third-order valence-electron chi connectivity index (χ3n) is 5.14. The molecule has 28 heavy (non-hydrogen) atoms. The van der Waals surface area contributed by atoms with Gasteiger partial charge >= 0.3 is 5.97 Å². The Morgan fingerprint density at radius 3 is 2.61 bits per heavy atom. The van der Waals surface area contributed by atoms with Gasteiger partial charge in [0.2, 0.25) is 0 Å². The van der Waals surface area contributed by atoms with Gasteiger partial charge in [-0.05, 0) is 28.5 Å². The van der Waals surface area contributed by atoms with Crippen molar-refractivity contribution in [3.05, 3.63) is 78.0 Å². The summed E-state index contributed by atoms with van der Waals surface area (Å²) in [6.45, 7) is 0.407. The largest absolute Gasteiger partial charge is 0.496 e. The van der Waals surface area contributed by atoms with Crippen molar-refractivity contribution >= 4 is 27.6 Å². The lowest BCUT2D eigenvalue weighted by molar-refractivity contribution is -0.139. The van der Waals surface area contributed by atoms with Crippen LogP contribution < -0.4 is 10.1 Å². The van der Waals surface area contributed by atoms with Crippen LogP contribution in [-0.4, -0.2) is 29.2 Å². The molecule has 4 aromatic rings. The van der Waals surface area contributed by atoms with Crippen molar-refractivity contribution in [3.63, 3.8) is 0 Å². The van der Waals surface area contributed by atoms with Crippen LogP contribution in [-0.2, 0) is 17.8 Å². The van der Waals surface area contributed by atoms with Crippen LogP contribution in [0.2, 0.25) is 0 Å². The molecule has 0 saturated heterocycles. The summed E-state index contributed by atoms with van der Waals surface area (Å²) in [5.41, 5.74) is 2.96. The summed E-state index contributed by atoms with van der Waals surface area (Å²) < 4.78 is 5.52. The number of aliphatic carboxylic acids is 1. The van der Waals surface area contributed by atoms with Gasteiger partial charge in [-0.15, -0.1) is 0 Å². The van der Waals surface area contributed by atoms with Crippen LogP contribution in [0.1, 0.15) is 11.1 Å². The summed E-state index contributed by atoms with van der Waals surface area (Å²) in [5.74, 6) is -0.119. The number of carboxylic acid groups (broad SMARTS) is 1. The van der Waals surface area contributed by atoms with E-state index in [1.807, 2.05) is 66.9 Å². The Labute approximate surface area is 163 Å². The first kappa shape index (κ1) is 18.1. The van der Waals surface area contributed by atoms with Crippen molar-refractivity contribution in [2.45, 2.75) is 19.0 Å². The number of hydrogen-bond donors (Lipinski definition) is 3. The minimum Gasteiger partial charge on any atom is -0.496 e. The molecule has 5 heteroatoms. The molecule has 0 unspecified atom stereocenters. The van der Waals surface area contributed by atoms with Gasteiger partial charge < -0.3 is 14.8 Å². The SMILES string of the molecule is COc1ccc2ccccc2c1CN[C@H](Cc1c[nH]c2ccccc12)C(=O)O. The minimum absolute atomic E-state index is 0.395. The van der Waals surface area contributed by atoms with Crippen LogP contribution >= 0.6 is 0 Å². The third kappa shape index (κ3) is 3.44. The van der Waals surface area contributed by atoms with Gasteiger partial charge in [-0.2, -0.15) is 0 Å². The topological polar surface area (TPSA) is 74.3 Å². The number of H-pyrrole nitrogens is 1. The average Bonchev–Trinajstić information content (AvgIpc) is 3.13. The van der Waals surface area contributed by atoms with E-state index < -0.39 is 12.0 Å². The van der Waals surface area contributed by atoms with Crippen molar-refractivity contribution in [2.24, 2.45) is 0 Å². The lowest BCUT2D eigenvalue weighted by Gasteiger charge is -2.17. The number of rotatable bonds is 7. The molecule has 0 spiro atoms. The first-order chi connectivity index (χ1) is 13.7. The van der Waals surface area contributed by atoms with Gasteiger partial charge in [0.15, 0.2) is 0 Å². The van der Waals surface area contributed by atoms with Gasteiger partial charge in [0, 0.05) is 35.6 Å². The Morgan fingerprint density at radius 2 is 1.82 bits per heavy atom. The molecular formula is C23H22N2O3. The highest BCUT2D eigenvalue weighted by atomic mass is 16.5. The maximum atomic E-state index is 11.9. The molecule has 0 aliphatic heterocycles. The number of fused-ring (bicyclic) bond motifs is 2. The van der Waals surface area contributed by atoms with E-state index in [0.717, 1.165) is 38.6 Å². The first-order valence-electron chi connectivity index (χ1n) is 9.23. The summed E-state index contributed by atoms with van der Waals surface area (Å²) in [4.78, 5) is 15.1. The Bertz CT molecular complexity index is 1130. The molecule has 0 aliphatic rings. The smallest absolute Gasteiger partial charge is 0.321 e. The summed E-state index contributed by atoms with van der Waals surface area (Å²) >= 11 is 0. The predicted octanol–water partition coefficient (Wildman–Crippen LogP) is 4.12. The number of aromatic amines is 1. The van der Waals surface area contributed by atoms with E-state index in [0.29, 0.717) is 13.0 Å². The highest BCUT2D eigenvalue weighted by Gasteiger charge is 2.20. The van der Waals surface area contributed by atoms with Gasteiger partial charge in [0.25, 0.3) is 0 Å².